The fourth-order valence-corrected chi connectivity index (χ4v) is 2.96. The minimum atomic E-state index is -4.39. The summed E-state index contributed by atoms with van der Waals surface area (Å²) in [4.78, 5) is 18.5. The first-order chi connectivity index (χ1) is 12.4. The summed E-state index contributed by atoms with van der Waals surface area (Å²) in [5.41, 5.74) is 0.618. The monoisotopic (exact) mass is 400 g/mol. The van der Waals surface area contributed by atoms with E-state index < -0.39 is 11.7 Å². The van der Waals surface area contributed by atoms with Gasteiger partial charge in [-0.1, -0.05) is 6.07 Å². The molecule has 1 atom stereocenters. The van der Waals surface area contributed by atoms with Crippen LogP contribution in [-0.2, 0) is 11.0 Å². The van der Waals surface area contributed by atoms with E-state index in [2.05, 4.69) is 15.6 Å². The summed E-state index contributed by atoms with van der Waals surface area (Å²) >= 11 is 0. The smallest absolute Gasteiger partial charge is 0.325 e. The van der Waals surface area contributed by atoms with Gasteiger partial charge in [0.15, 0.2) is 0 Å². The fourth-order valence-electron chi connectivity index (χ4n) is 2.96. The maximum absolute atomic E-state index is 12.6. The van der Waals surface area contributed by atoms with Gasteiger partial charge in [0.05, 0.1) is 12.1 Å². The number of halogens is 4. The summed E-state index contributed by atoms with van der Waals surface area (Å²) in [5, 5.41) is 5.95. The number of hydrogen-bond acceptors (Lipinski definition) is 4. The minimum Gasteiger partial charge on any atom is -0.325 e. The minimum absolute atomic E-state index is 0. The molecule has 0 bridgehead atoms. The number of carbonyl (C=O) groups is 1. The molecule has 1 unspecified atom stereocenters. The number of rotatable bonds is 4. The number of hydrogen-bond donors (Lipinski definition) is 2. The Hall–Kier alpha value is -2.16. The Balaban J connectivity index is 0.00000261. The second kappa shape index (κ2) is 9.16. The first kappa shape index (κ1) is 21.1. The van der Waals surface area contributed by atoms with Crippen molar-refractivity contribution in [1.82, 2.24) is 15.2 Å². The van der Waals surface area contributed by atoms with E-state index >= 15 is 0 Å². The van der Waals surface area contributed by atoms with Crippen molar-refractivity contribution in [1.29, 1.82) is 0 Å². The van der Waals surface area contributed by atoms with E-state index in [1.54, 1.807) is 12.4 Å². The molecule has 1 aromatic heterocycles. The third kappa shape index (κ3) is 5.66. The van der Waals surface area contributed by atoms with E-state index in [-0.39, 0.29) is 30.9 Å². The molecule has 0 saturated carbocycles. The molecule has 2 aromatic rings. The molecule has 146 valence electrons. The summed E-state index contributed by atoms with van der Waals surface area (Å²) in [6, 6.07) is 8.28. The Bertz CT molecular complexity index is 741. The lowest BCUT2D eigenvalue weighted by Gasteiger charge is -2.35. The van der Waals surface area contributed by atoms with Crippen molar-refractivity contribution in [3.8, 4) is 0 Å². The largest absolute Gasteiger partial charge is 0.416 e. The molecule has 5 nitrogen and oxygen atoms in total. The Morgan fingerprint density at radius 3 is 2.63 bits per heavy atom. The van der Waals surface area contributed by atoms with Crippen molar-refractivity contribution in [3.63, 3.8) is 0 Å². The first-order valence-electron chi connectivity index (χ1n) is 8.25. The van der Waals surface area contributed by atoms with Crippen LogP contribution < -0.4 is 10.6 Å². The third-order valence-electron chi connectivity index (χ3n) is 4.27. The normalized spacial score (nSPS) is 17.8. The van der Waals surface area contributed by atoms with E-state index in [9.17, 15) is 18.0 Å². The third-order valence-corrected chi connectivity index (χ3v) is 4.27. The zero-order valence-corrected chi connectivity index (χ0v) is 15.2. The van der Waals surface area contributed by atoms with Crippen LogP contribution in [0.25, 0.3) is 0 Å². The standard InChI is InChI=1S/C18H19F3N4O.ClH/c19-18(20,21)14-3-5-15(6-4-14)24-17(26)12-25-9-8-23-11-16(25)13-2-1-7-22-10-13;/h1-7,10,16,23H,8-9,11-12H2,(H,24,26);1H. The van der Waals surface area contributed by atoms with Gasteiger partial charge in [-0.15, -0.1) is 12.4 Å². The molecule has 1 saturated heterocycles. The summed E-state index contributed by atoms with van der Waals surface area (Å²) in [6.07, 6.45) is -0.917. The van der Waals surface area contributed by atoms with Crippen molar-refractivity contribution >= 4 is 24.0 Å². The SMILES string of the molecule is Cl.O=C(CN1CCNCC1c1cccnc1)Nc1ccc(C(F)(F)F)cc1. The topological polar surface area (TPSA) is 57.3 Å². The van der Waals surface area contributed by atoms with Crippen molar-refractivity contribution < 1.29 is 18.0 Å². The number of pyridine rings is 1. The van der Waals surface area contributed by atoms with Crippen molar-refractivity contribution in [2.75, 3.05) is 31.5 Å². The molecule has 9 heteroatoms. The molecule has 1 fully saturated rings. The highest BCUT2D eigenvalue weighted by Crippen LogP contribution is 2.29. The zero-order chi connectivity index (χ0) is 18.6. The van der Waals surface area contributed by atoms with Gasteiger partial charge in [0.1, 0.15) is 0 Å². The number of alkyl halides is 3. The second-order valence-electron chi connectivity index (χ2n) is 6.10. The van der Waals surface area contributed by atoms with Crippen molar-refractivity contribution in [2.24, 2.45) is 0 Å². The number of carbonyl (C=O) groups excluding carboxylic acids is 1. The van der Waals surface area contributed by atoms with Crippen LogP contribution in [0, 0.1) is 0 Å². The summed E-state index contributed by atoms with van der Waals surface area (Å²) < 4.78 is 37.8. The molecule has 2 heterocycles. The van der Waals surface area contributed by atoms with Crippen LogP contribution in [0.3, 0.4) is 0 Å². The average molecular weight is 401 g/mol. The van der Waals surface area contributed by atoms with Gasteiger partial charge in [-0.25, -0.2) is 0 Å². The number of nitrogens with zero attached hydrogens (tertiary/aromatic N) is 2. The van der Waals surface area contributed by atoms with E-state index in [0.29, 0.717) is 18.8 Å². The van der Waals surface area contributed by atoms with Gasteiger partial charge >= 0.3 is 6.18 Å². The molecular formula is C18H20ClF3N4O. The number of benzene rings is 1. The van der Waals surface area contributed by atoms with Crippen LogP contribution in [-0.4, -0.2) is 42.0 Å². The number of piperazine rings is 1. The molecule has 0 aliphatic carbocycles. The van der Waals surface area contributed by atoms with Crippen LogP contribution in [0.1, 0.15) is 17.2 Å². The van der Waals surface area contributed by atoms with E-state index in [1.807, 2.05) is 17.0 Å². The average Bonchev–Trinajstić information content (AvgIpc) is 2.62. The van der Waals surface area contributed by atoms with Gasteiger partial charge in [0, 0.05) is 43.8 Å². The summed E-state index contributed by atoms with van der Waals surface area (Å²) in [7, 11) is 0. The van der Waals surface area contributed by atoms with Gasteiger partial charge in [0.25, 0.3) is 0 Å². The van der Waals surface area contributed by atoms with Crippen LogP contribution >= 0.6 is 12.4 Å². The van der Waals surface area contributed by atoms with Crippen LogP contribution in [0.2, 0.25) is 0 Å². The van der Waals surface area contributed by atoms with E-state index in [1.165, 1.54) is 12.1 Å². The molecule has 1 amide bonds. The highest BCUT2D eigenvalue weighted by molar-refractivity contribution is 5.92. The van der Waals surface area contributed by atoms with Gasteiger partial charge in [-0.2, -0.15) is 13.2 Å². The number of anilines is 1. The van der Waals surface area contributed by atoms with Crippen LogP contribution in [0.4, 0.5) is 18.9 Å². The quantitative estimate of drug-likeness (QED) is 0.828. The molecule has 2 N–H and O–H groups in total. The number of aromatic nitrogens is 1. The first-order valence-corrected chi connectivity index (χ1v) is 8.25. The van der Waals surface area contributed by atoms with Gasteiger partial charge in [0.2, 0.25) is 5.91 Å². The predicted molar refractivity (Wildman–Crippen MR) is 98.7 cm³/mol. The van der Waals surface area contributed by atoms with Gasteiger partial charge in [-0.3, -0.25) is 14.7 Å². The summed E-state index contributed by atoms with van der Waals surface area (Å²) in [5.74, 6) is -0.263. The van der Waals surface area contributed by atoms with E-state index in [4.69, 9.17) is 0 Å². The molecule has 1 aliphatic heterocycles. The van der Waals surface area contributed by atoms with Gasteiger partial charge in [-0.05, 0) is 35.9 Å². The molecular weight excluding hydrogens is 381 g/mol. The maximum atomic E-state index is 12.6. The number of nitrogens with one attached hydrogen (secondary N) is 2. The molecule has 0 spiro atoms. The highest BCUT2D eigenvalue weighted by atomic mass is 35.5. The Morgan fingerprint density at radius 2 is 2.00 bits per heavy atom. The maximum Gasteiger partial charge on any atom is 0.416 e. The molecule has 1 aliphatic rings. The van der Waals surface area contributed by atoms with Crippen molar-refractivity contribution in [3.05, 3.63) is 59.9 Å². The Kier molecular flexibility index (Phi) is 7.18. The highest BCUT2D eigenvalue weighted by Gasteiger charge is 2.30. The lowest BCUT2D eigenvalue weighted by atomic mass is 10.1. The Morgan fingerprint density at radius 1 is 1.26 bits per heavy atom. The predicted octanol–water partition coefficient (Wildman–Crippen LogP) is 3.11. The zero-order valence-electron chi connectivity index (χ0n) is 14.4. The number of amides is 1. The fraction of sp³-hybridized carbons (Fsp3) is 0.333. The molecule has 1 aromatic carbocycles. The lowest BCUT2D eigenvalue weighted by Crippen LogP contribution is -2.48. The molecule has 0 radical (unpaired) electrons. The second-order valence-corrected chi connectivity index (χ2v) is 6.10. The molecule has 3 rings (SSSR count). The van der Waals surface area contributed by atoms with Gasteiger partial charge < -0.3 is 10.6 Å². The Labute approximate surface area is 161 Å². The van der Waals surface area contributed by atoms with Crippen molar-refractivity contribution in [2.45, 2.75) is 12.2 Å². The van der Waals surface area contributed by atoms with Crippen LogP contribution in [0.5, 0.6) is 0 Å². The molecule has 27 heavy (non-hydrogen) atoms. The van der Waals surface area contributed by atoms with E-state index in [0.717, 1.165) is 24.2 Å². The summed E-state index contributed by atoms with van der Waals surface area (Å²) in [6.45, 7) is 2.33. The lowest BCUT2D eigenvalue weighted by molar-refractivity contribution is -0.137. The van der Waals surface area contributed by atoms with Crippen LogP contribution in [0.15, 0.2) is 48.8 Å².